The zero-order valence-electron chi connectivity index (χ0n) is 13.0. The molecule has 0 aromatic heterocycles. The number of nitrogens with zero attached hydrogens (tertiary/aromatic N) is 2. The minimum absolute atomic E-state index is 0.125. The summed E-state index contributed by atoms with van der Waals surface area (Å²) in [7, 11) is 0. The van der Waals surface area contributed by atoms with Crippen LogP contribution in [0.5, 0.6) is 0 Å². The van der Waals surface area contributed by atoms with Crippen LogP contribution in [0.2, 0.25) is 0 Å². The molecule has 1 unspecified atom stereocenters. The third-order valence-electron chi connectivity index (χ3n) is 4.46. The van der Waals surface area contributed by atoms with Crippen molar-refractivity contribution in [1.82, 2.24) is 10.2 Å². The summed E-state index contributed by atoms with van der Waals surface area (Å²) >= 11 is 0. The van der Waals surface area contributed by atoms with Crippen molar-refractivity contribution in [3.05, 3.63) is 29.8 Å². The van der Waals surface area contributed by atoms with Crippen molar-refractivity contribution >= 4 is 17.5 Å². The fourth-order valence-corrected chi connectivity index (χ4v) is 3.27. The molecule has 1 N–H and O–H groups in total. The lowest BCUT2D eigenvalue weighted by atomic mass is 10.0. The number of benzene rings is 1. The van der Waals surface area contributed by atoms with Gasteiger partial charge in [-0.3, -0.25) is 9.59 Å². The predicted molar refractivity (Wildman–Crippen MR) is 85.8 cm³/mol. The summed E-state index contributed by atoms with van der Waals surface area (Å²) in [5.41, 5.74) is 2.17. The monoisotopic (exact) mass is 301 g/mol. The second kappa shape index (κ2) is 6.48. The maximum Gasteiger partial charge on any atom is 0.227 e. The minimum atomic E-state index is 0.125. The van der Waals surface area contributed by atoms with E-state index in [0.29, 0.717) is 25.4 Å². The van der Waals surface area contributed by atoms with E-state index in [1.807, 2.05) is 23.1 Å². The van der Waals surface area contributed by atoms with Gasteiger partial charge in [0, 0.05) is 50.7 Å². The van der Waals surface area contributed by atoms with Gasteiger partial charge in [-0.15, -0.1) is 0 Å². The van der Waals surface area contributed by atoms with E-state index in [1.54, 1.807) is 4.90 Å². The molecule has 1 fully saturated rings. The Morgan fingerprint density at radius 2 is 2.14 bits per heavy atom. The van der Waals surface area contributed by atoms with Crippen molar-refractivity contribution < 1.29 is 9.59 Å². The smallest absolute Gasteiger partial charge is 0.227 e. The zero-order valence-corrected chi connectivity index (χ0v) is 13.0. The largest absolute Gasteiger partial charge is 0.340 e. The number of piperazine rings is 1. The predicted octanol–water partition coefficient (Wildman–Crippen LogP) is 1.18. The normalized spacial score (nSPS) is 21.7. The van der Waals surface area contributed by atoms with Gasteiger partial charge in [0.2, 0.25) is 11.8 Å². The summed E-state index contributed by atoms with van der Waals surface area (Å²) < 4.78 is 0. The number of hydrogen-bond donors (Lipinski definition) is 1. The minimum Gasteiger partial charge on any atom is -0.340 e. The Morgan fingerprint density at radius 3 is 2.95 bits per heavy atom. The molecule has 0 saturated carbocycles. The van der Waals surface area contributed by atoms with Crippen LogP contribution in [0.4, 0.5) is 5.69 Å². The number of carbonyl (C=O) groups is 2. The summed E-state index contributed by atoms with van der Waals surface area (Å²) in [5, 5.41) is 3.33. The van der Waals surface area contributed by atoms with E-state index in [4.69, 9.17) is 0 Å². The van der Waals surface area contributed by atoms with Gasteiger partial charge in [-0.25, -0.2) is 0 Å². The van der Waals surface area contributed by atoms with Crippen LogP contribution in [0.1, 0.15) is 25.3 Å². The number of anilines is 1. The molecule has 5 nitrogen and oxygen atoms in total. The molecule has 0 spiro atoms. The molecule has 22 heavy (non-hydrogen) atoms. The van der Waals surface area contributed by atoms with Crippen molar-refractivity contribution in [3.8, 4) is 0 Å². The Bertz CT molecular complexity index is 573. The van der Waals surface area contributed by atoms with Crippen molar-refractivity contribution in [2.75, 3.05) is 31.1 Å². The highest BCUT2D eigenvalue weighted by molar-refractivity contribution is 5.97. The Morgan fingerprint density at radius 1 is 1.32 bits per heavy atom. The molecular weight excluding hydrogens is 278 g/mol. The van der Waals surface area contributed by atoms with Crippen LogP contribution in [0.15, 0.2) is 24.3 Å². The molecule has 5 heteroatoms. The van der Waals surface area contributed by atoms with Gasteiger partial charge in [0.15, 0.2) is 0 Å². The molecule has 2 aliphatic heterocycles. The van der Waals surface area contributed by atoms with Crippen LogP contribution in [0.25, 0.3) is 0 Å². The van der Waals surface area contributed by atoms with Crippen LogP contribution in [-0.4, -0.2) is 48.9 Å². The first-order chi connectivity index (χ1) is 10.6. The van der Waals surface area contributed by atoms with E-state index in [-0.39, 0.29) is 11.8 Å². The first-order valence-electron chi connectivity index (χ1n) is 8.04. The van der Waals surface area contributed by atoms with E-state index in [2.05, 4.69) is 18.3 Å². The van der Waals surface area contributed by atoms with Crippen LogP contribution >= 0.6 is 0 Å². The van der Waals surface area contributed by atoms with Gasteiger partial charge in [0.1, 0.15) is 0 Å². The number of hydrogen-bond acceptors (Lipinski definition) is 3. The standard InChI is InChI=1S/C17H23N3O2/c1-13-12-19(11-9-18-13)16(21)8-10-20-15-5-3-2-4-14(15)6-7-17(20)22/h2-5,13,18H,6-12H2,1H3. The van der Waals surface area contributed by atoms with Crippen molar-refractivity contribution in [2.24, 2.45) is 0 Å². The first-order valence-corrected chi connectivity index (χ1v) is 8.04. The average Bonchev–Trinajstić information content (AvgIpc) is 2.53. The van der Waals surface area contributed by atoms with Crippen molar-refractivity contribution in [1.29, 1.82) is 0 Å². The summed E-state index contributed by atoms with van der Waals surface area (Å²) in [6.45, 7) is 4.92. The van der Waals surface area contributed by atoms with E-state index < -0.39 is 0 Å². The van der Waals surface area contributed by atoms with E-state index in [9.17, 15) is 9.59 Å². The number of carbonyl (C=O) groups excluding carboxylic acids is 2. The number of para-hydroxylation sites is 1. The molecule has 0 radical (unpaired) electrons. The molecule has 3 rings (SSSR count). The molecule has 2 heterocycles. The number of amides is 2. The van der Waals surface area contributed by atoms with E-state index in [1.165, 1.54) is 5.56 Å². The highest BCUT2D eigenvalue weighted by atomic mass is 16.2. The molecule has 118 valence electrons. The Kier molecular flexibility index (Phi) is 4.43. The quantitative estimate of drug-likeness (QED) is 0.912. The van der Waals surface area contributed by atoms with Crippen LogP contribution in [0, 0.1) is 0 Å². The third kappa shape index (κ3) is 3.14. The highest BCUT2D eigenvalue weighted by Gasteiger charge is 2.26. The molecule has 0 aliphatic carbocycles. The van der Waals surface area contributed by atoms with Gasteiger partial charge in [-0.2, -0.15) is 0 Å². The average molecular weight is 301 g/mol. The molecule has 2 aliphatic rings. The molecule has 1 atom stereocenters. The number of nitrogens with one attached hydrogen (secondary N) is 1. The van der Waals surface area contributed by atoms with Gasteiger partial charge >= 0.3 is 0 Å². The summed E-state index contributed by atoms with van der Waals surface area (Å²) in [6, 6.07) is 8.33. The second-order valence-corrected chi connectivity index (χ2v) is 6.12. The van der Waals surface area contributed by atoms with Crippen molar-refractivity contribution in [2.45, 2.75) is 32.2 Å². The van der Waals surface area contributed by atoms with Crippen LogP contribution < -0.4 is 10.2 Å². The maximum absolute atomic E-state index is 12.4. The third-order valence-corrected chi connectivity index (χ3v) is 4.46. The number of aryl methyl sites for hydroxylation is 1. The number of fused-ring (bicyclic) bond motifs is 1. The molecule has 1 aromatic carbocycles. The van der Waals surface area contributed by atoms with Crippen LogP contribution in [0.3, 0.4) is 0 Å². The molecular formula is C17H23N3O2. The topological polar surface area (TPSA) is 52.7 Å². The van der Waals surface area contributed by atoms with E-state index in [0.717, 1.165) is 31.7 Å². The van der Waals surface area contributed by atoms with Gasteiger partial charge in [-0.05, 0) is 25.0 Å². The Labute approximate surface area is 131 Å². The molecule has 1 aromatic rings. The fraction of sp³-hybridized carbons (Fsp3) is 0.529. The lowest BCUT2D eigenvalue weighted by Crippen LogP contribution is -2.52. The second-order valence-electron chi connectivity index (χ2n) is 6.12. The summed E-state index contributed by atoms with van der Waals surface area (Å²) in [4.78, 5) is 28.2. The lowest BCUT2D eigenvalue weighted by molar-refractivity contribution is -0.132. The maximum atomic E-state index is 12.4. The zero-order chi connectivity index (χ0) is 15.5. The van der Waals surface area contributed by atoms with Gasteiger partial charge in [0.25, 0.3) is 0 Å². The molecule has 0 bridgehead atoms. The number of rotatable bonds is 3. The van der Waals surface area contributed by atoms with Gasteiger partial charge < -0.3 is 15.1 Å². The first kappa shape index (κ1) is 15.0. The van der Waals surface area contributed by atoms with Crippen LogP contribution in [-0.2, 0) is 16.0 Å². The molecule has 1 saturated heterocycles. The fourth-order valence-electron chi connectivity index (χ4n) is 3.27. The Hall–Kier alpha value is -1.88. The van der Waals surface area contributed by atoms with Gasteiger partial charge in [-0.1, -0.05) is 18.2 Å². The SMILES string of the molecule is CC1CN(C(=O)CCN2C(=O)CCc3ccccc32)CCN1. The van der Waals surface area contributed by atoms with E-state index >= 15 is 0 Å². The van der Waals surface area contributed by atoms with Crippen molar-refractivity contribution in [3.63, 3.8) is 0 Å². The summed E-state index contributed by atoms with van der Waals surface area (Å²) in [5.74, 6) is 0.268. The lowest BCUT2D eigenvalue weighted by Gasteiger charge is -2.33. The summed E-state index contributed by atoms with van der Waals surface area (Å²) in [6.07, 6.45) is 1.73. The van der Waals surface area contributed by atoms with Gasteiger partial charge in [0.05, 0.1) is 0 Å². The Balaban J connectivity index is 1.63. The highest BCUT2D eigenvalue weighted by Crippen LogP contribution is 2.27. The molecule has 2 amide bonds.